The van der Waals surface area contributed by atoms with Crippen LogP contribution in [0.2, 0.25) is 0 Å². The van der Waals surface area contributed by atoms with Gasteiger partial charge in [-0.2, -0.15) is 0 Å². The molecule has 0 spiro atoms. The van der Waals surface area contributed by atoms with Crippen LogP contribution in [0.15, 0.2) is 142 Å². The van der Waals surface area contributed by atoms with Gasteiger partial charge >= 0.3 is 0 Å². The number of aryl methyl sites for hydroxylation is 1. The Morgan fingerprint density at radius 2 is 0.903 bits per heavy atom. The van der Waals surface area contributed by atoms with Crippen molar-refractivity contribution in [1.29, 1.82) is 0 Å². The molecule has 0 radical (unpaired) electrons. The van der Waals surface area contributed by atoms with Gasteiger partial charge in [0.05, 0.1) is 13.2 Å². The van der Waals surface area contributed by atoms with E-state index in [1.54, 1.807) is 82.3 Å². The zero-order valence-electron chi connectivity index (χ0n) is 33.1. The Kier molecular flexibility index (Phi) is 11.8. The predicted octanol–water partition coefficient (Wildman–Crippen LogP) is 7.14. The summed E-state index contributed by atoms with van der Waals surface area (Å²) in [6.45, 7) is 2.33. The number of aliphatic hydroxyl groups excluding tert-OH is 1. The summed E-state index contributed by atoms with van der Waals surface area (Å²) in [5.74, 6) is -1.05. The first-order valence-electron chi connectivity index (χ1n) is 19.6. The number of aromatic nitrogens is 9. The van der Waals surface area contributed by atoms with Crippen molar-refractivity contribution in [3.8, 4) is 33.8 Å². The standard InChI is InChI=1S/C16H12FN3O.C15H12FN3O2.C15H12FN3O/c17-11-5-3-10(4-6-11)14-16(21)20(12-7-8-12)15-13(19-14)2-1-9-18-15;16-11-5-3-10(4-6-11)13-15(21)19(8-9-20)14-12(18-13)2-1-7-17-14;1-2-19-14-12(4-3-9-17-14)18-13(15(19)20)10-5-7-11(16)8-6-10/h1-6,9,12H,7-8H2;1-7,20H,8-9H2;3-9H,2H2,1H3. The smallest absolute Gasteiger partial charge is 0.278 e. The fourth-order valence-electron chi connectivity index (χ4n) is 6.85. The van der Waals surface area contributed by atoms with Crippen LogP contribution in [0.4, 0.5) is 13.2 Å². The lowest BCUT2D eigenvalue weighted by Gasteiger charge is -2.10. The summed E-state index contributed by atoms with van der Waals surface area (Å²) in [7, 11) is 0. The van der Waals surface area contributed by atoms with Crippen molar-refractivity contribution in [1.82, 2.24) is 43.6 Å². The van der Waals surface area contributed by atoms with Gasteiger partial charge in [-0.1, -0.05) is 0 Å². The quantitative estimate of drug-likeness (QED) is 0.175. The highest BCUT2D eigenvalue weighted by atomic mass is 19.1. The first-order chi connectivity index (χ1) is 30.1. The van der Waals surface area contributed by atoms with Crippen LogP contribution in [0.3, 0.4) is 0 Å². The molecule has 1 saturated carbocycles. The average Bonchev–Trinajstić information content (AvgIpc) is 4.14. The van der Waals surface area contributed by atoms with Gasteiger partial charge in [-0.3, -0.25) is 28.1 Å². The largest absolute Gasteiger partial charge is 0.395 e. The lowest BCUT2D eigenvalue weighted by Crippen LogP contribution is -2.25. The fourth-order valence-corrected chi connectivity index (χ4v) is 6.85. The molecule has 0 saturated heterocycles. The Morgan fingerprint density at radius 3 is 1.31 bits per heavy atom. The molecule has 1 aliphatic rings. The molecule has 0 bridgehead atoms. The van der Waals surface area contributed by atoms with Crippen molar-refractivity contribution in [2.24, 2.45) is 0 Å². The molecule has 0 unspecified atom stereocenters. The molecule has 0 atom stereocenters. The van der Waals surface area contributed by atoms with E-state index in [4.69, 9.17) is 5.11 Å². The Labute approximate surface area is 350 Å². The van der Waals surface area contributed by atoms with Gasteiger partial charge in [0.25, 0.3) is 16.7 Å². The van der Waals surface area contributed by atoms with Gasteiger partial charge in [-0.05, 0) is 129 Å². The van der Waals surface area contributed by atoms with E-state index in [-0.39, 0.29) is 59.0 Å². The number of pyridine rings is 3. The third kappa shape index (κ3) is 8.49. The second-order valence-electron chi connectivity index (χ2n) is 14.1. The van der Waals surface area contributed by atoms with E-state index in [2.05, 4.69) is 29.9 Å². The van der Waals surface area contributed by atoms with Crippen LogP contribution in [-0.4, -0.2) is 55.3 Å². The van der Waals surface area contributed by atoms with E-state index >= 15 is 0 Å². The molecule has 310 valence electrons. The molecule has 62 heavy (non-hydrogen) atoms. The molecule has 10 rings (SSSR count). The van der Waals surface area contributed by atoms with Crippen LogP contribution in [0.5, 0.6) is 0 Å². The zero-order chi connectivity index (χ0) is 43.3. The van der Waals surface area contributed by atoms with Crippen LogP contribution in [0, 0.1) is 17.5 Å². The van der Waals surface area contributed by atoms with Crippen LogP contribution >= 0.6 is 0 Å². The second-order valence-corrected chi connectivity index (χ2v) is 14.1. The number of fused-ring (bicyclic) bond motifs is 3. The molecule has 0 aliphatic heterocycles. The van der Waals surface area contributed by atoms with Crippen LogP contribution < -0.4 is 16.7 Å². The van der Waals surface area contributed by atoms with Gasteiger partial charge in [0.15, 0.2) is 16.9 Å². The van der Waals surface area contributed by atoms with E-state index in [9.17, 15) is 27.6 Å². The highest BCUT2D eigenvalue weighted by Crippen LogP contribution is 2.35. The minimum absolute atomic E-state index is 0.128. The summed E-state index contributed by atoms with van der Waals surface area (Å²) >= 11 is 0. The Morgan fingerprint density at radius 1 is 0.532 bits per heavy atom. The number of hydrogen-bond acceptors (Lipinski definition) is 10. The van der Waals surface area contributed by atoms with Gasteiger partial charge in [0, 0.05) is 47.9 Å². The number of benzene rings is 3. The van der Waals surface area contributed by atoms with Crippen molar-refractivity contribution >= 4 is 33.5 Å². The Balaban J connectivity index is 0.000000128. The van der Waals surface area contributed by atoms with E-state index in [0.717, 1.165) is 12.8 Å². The highest BCUT2D eigenvalue weighted by Gasteiger charge is 2.28. The summed E-state index contributed by atoms with van der Waals surface area (Å²) in [5, 5.41) is 9.14. The van der Waals surface area contributed by atoms with Crippen molar-refractivity contribution in [3.63, 3.8) is 0 Å². The number of rotatable bonds is 7. The van der Waals surface area contributed by atoms with Crippen LogP contribution in [0.1, 0.15) is 25.8 Å². The maximum Gasteiger partial charge on any atom is 0.278 e. The molecular formula is C46H36F3N9O4. The Hall–Kier alpha value is -7.72. The third-order valence-corrected chi connectivity index (χ3v) is 9.96. The van der Waals surface area contributed by atoms with Gasteiger partial charge in [0.2, 0.25) is 0 Å². The first kappa shape index (κ1) is 41.0. The fraction of sp³-hybridized carbons (Fsp3) is 0.152. The summed E-state index contributed by atoms with van der Waals surface area (Å²) in [4.78, 5) is 63.4. The number of halogens is 3. The SMILES string of the molecule is CCn1c(=O)c(-c2ccc(F)cc2)nc2cccnc21.O=c1c(-c2ccc(F)cc2)nc2cccnc2n1C1CC1.O=c1c(-c2ccc(F)cc2)nc2cccnc2n1CCO. The molecule has 1 N–H and O–H groups in total. The first-order valence-corrected chi connectivity index (χ1v) is 19.6. The van der Waals surface area contributed by atoms with Gasteiger partial charge < -0.3 is 5.11 Å². The molecule has 0 amide bonds. The highest BCUT2D eigenvalue weighted by molar-refractivity contribution is 5.76. The predicted molar refractivity (Wildman–Crippen MR) is 229 cm³/mol. The molecule has 6 heterocycles. The number of hydrogen-bond donors (Lipinski definition) is 1. The van der Waals surface area contributed by atoms with Crippen molar-refractivity contribution in [2.75, 3.05) is 6.61 Å². The normalized spacial score (nSPS) is 12.1. The number of aliphatic hydroxyl groups is 1. The summed E-state index contributed by atoms with van der Waals surface area (Å²) in [5.41, 5.74) is 5.37. The van der Waals surface area contributed by atoms with Crippen LogP contribution in [0.25, 0.3) is 67.3 Å². The van der Waals surface area contributed by atoms with E-state index in [1.807, 2.05) is 13.0 Å². The molecule has 1 fully saturated rings. The maximum absolute atomic E-state index is 13.1. The van der Waals surface area contributed by atoms with Gasteiger partial charge in [-0.15, -0.1) is 0 Å². The Bertz CT molecular complexity index is 3250. The van der Waals surface area contributed by atoms with Crippen LogP contribution in [-0.2, 0) is 13.1 Å². The number of nitrogens with zero attached hydrogens (tertiary/aromatic N) is 9. The molecule has 9 aromatic rings. The van der Waals surface area contributed by atoms with E-state index < -0.39 is 0 Å². The minimum atomic E-state index is -0.378. The van der Waals surface area contributed by atoms with E-state index in [0.29, 0.717) is 68.1 Å². The average molecular weight is 836 g/mol. The maximum atomic E-state index is 13.1. The topological polar surface area (TPSA) is 164 Å². The van der Waals surface area contributed by atoms with Gasteiger partial charge in [-0.25, -0.2) is 43.1 Å². The van der Waals surface area contributed by atoms with E-state index in [1.165, 1.54) is 53.1 Å². The summed E-state index contributed by atoms with van der Waals surface area (Å²) < 4.78 is 43.7. The molecular weight excluding hydrogens is 800 g/mol. The van der Waals surface area contributed by atoms with Crippen molar-refractivity contribution in [2.45, 2.75) is 38.9 Å². The van der Waals surface area contributed by atoms with Crippen molar-refractivity contribution in [3.05, 3.63) is 176 Å². The third-order valence-electron chi connectivity index (χ3n) is 9.96. The lowest BCUT2D eigenvalue weighted by molar-refractivity contribution is 0.276. The summed E-state index contributed by atoms with van der Waals surface area (Å²) in [6, 6.07) is 28.0. The molecule has 16 heteroatoms. The van der Waals surface area contributed by atoms with Gasteiger partial charge in [0.1, 0.15) is 51.1 Å². The zero-order valence-corrected chi connectivity index (χ0v) is 33.1. The molecule has 1 aliphatic carbocycles. The molecule has 13 nitrogen and oxygen atoms in total. The van der Waals surface area contributed by atoms with Crippen molar-refractivity contribution < 1.29 is 18.3 Å². The molecule has 6 aromatic heterocycles. The lowest BCUT2D eigenvalue weighted by atomic mass is 10.1. The second kappa shape index (κ2) is 17.9. The monoisotopic (exact) mass is 835 g/mol. The minimum Gasteiger partial charge on any atom is -0.395 e. The summed E-state index contributed by atoms with van der Waals surface area (Å²) in [6.07, 6.45) is 6.83. The molecule has 3 aromatic carbocycles.